The summed E-state index contributed by atoms with van der Waals surface area (Å²) in [5.74, 6) is 5.25. The van der Waals surface area contributed by atoms with E-state index in [1.54, 1.807) is 18.2 Å². The second-order valence-corrected chi connectivity index (χ2v) is 3.11. The van der Waals surface area contributed by atoms with Crippen LogP contribution in [0, 0.1) is 6.92 Å². The van der Waals surface area contributed by atoms with Crippen LogP contribution in [0.3, 0.4) is 0 Å². The number of rotatable bonds is 1. The highest BCUT2D eigenvalue weighted by molar-refractivity contribution is 6.33. The van der Waals surface area contributed by atoms with E-state index < -0.39 is 0 Å². The van der Waals surface area contributed by atoms with Crippen LogP contribution in [0.1, 0.15) is 5.56 Å². The minimum Gasteiger partial charge on any atom is -0.307 e. The van der Waals surface area contributed by atoms with Crippen LogP contribution < -0.4 is 16.6 Å². The van der Waals surface area contributed by atoms with Crippen LogP contribution in [0.5, 0.6) is 0 Å². The first-order chi connectivity index (χ1) is 6.50. The standard InChI is InChI=1S/C9H12BN3O/c1-6-5-7(3-4-8(6)10)12-9(14)13(2)11/h3-5H,11H2,1-2H3,(H,12,14). The number of carbonyl (C=O) groups excluding carboxylic acids is 1. The topological polar surface area (TPSA) is 58.4 Å². The number of amides is 2. The maximum absolute atomic E-state index is 11.2. The molecule has 0 aromatic heterocycles. The molecule has 0 spiro atoms. The normalized spacial score (nSPS) is 9.64. The van der Waals surface area contributed by atoms with E-state index in [9.17, 15) is 4.79 Å². The van der Waals surface area contributed by atoms with Gasteiger partial charge in [-0.1, -0.05) is 17.1 Å². The first-order valence-electron chi connectivity index (χ1n) is 4.16. The minimum absolute atomic E-state index is 0.367. The zero-order chi connectivity index (χ0) is 10.7. The van der Waals surface area contributed by atoms with Crippen molar-refractivity contribution in [3.8, 4) is 0 Å². The molecule has 3 N–H and O–H groups in total. The molecule has 0 saturated heterocycles. The second-order valence-electron chi connectivity index (χ2n) is 3.11. The summed E-state index contributed by atoms with van der Waals surface area (Å²) in [6.45, 7) is 1.87. The van der Waals surface area contributed by atoms with Gasteiger partial charge in [-0.2, -0.15) is 0 Å². The molecule has 1 rings (SSSR count). The van der Waals surface area contributed by atoms with Crippen LogP contribution in [-0.4, -0.2) is 25.9 Å². The molecule has 4 nitrogen and oxygen atoms in total. The molecule has 1 aromatic rings. The molecular formula is C9H12BN3O. The SMILES string of the molecule is [B]c1ccc(NC(=O)N(C)N)cc1C. The van der Waals surface area contributed by atoms with Gasteiger partial charge in [0.1, 0.15) is 7.85 Å². The van der Waals surface area contributed by atoms with Crippen molar-refractivity contribution in [2.75, 3.05) is 12.4 Å². The molecule has 0 fully saturated rings. The maximum atomic E-state index is 11.2. The van der Waals surface area contributed by atoms with E-state index in [0.717, 1.165) is 10.6 Å². The molecule has 2 radical (unpaired) electrons. The molecule has 0 bridgehead atoms. The lowest BCUT2D eigenvalue weighted by Crippen LogP contribution is -2.36. The molecule has 0 atom stereocenters. The second kappa shape index (κ2) is 4.15. The highest BCUT2D eigenvalue weighted by Crippen LogP contribution is 2.07. The van der Waals surface area contributed by atoms with Crippen LogP contribution in [0.25, 0.3) is 0 Å². The Kier molecular flexibility index (Phi) is 3.14. The summed E-state index contributed by atoms with van der Waals surface area (Å²) in [6, 6.07) is 4.89. The molecule has 0 aliphatic rings. The van der Waals surface area contributed by atoms with Crippen LogP contribution in [0.4, 0.5) is 10.5 Å². The van der Waals surface area contributed by atoms with Gasteiger partial charge in [0, 0.05) is 12.7 Å². The molecular weight excluding hydrogens is 177 g/mol. The lowest BCUT2D eigenvalue weighted by molar-refractivity contribution is 0.223. The van der Waals surface area contributed by atoms with E-state index in [0.29, 0.717) is 11.2 Å². The third-order valence-electron chi connectivity index (χ3n) is 1.84. The molecule has 0 unspecified atom stereocenters. The molecule has 5 heteroatoms. The Morgan fingerprint density at radius 1 is 1.57 bits per heavy atom. The molecule has 0 saturated carbocycles. The van der Waals surface area contributed by atoms with Gasteiger partial charge < -0.3 is 5.32 Å². The Hall–Kier alpha value is -1.49. The van der Waals surface area contributed by atoms with Crippen molar-refractivity contribution in [1.82, 2.24) is 5.01 Å². The summed E-state index contributed by atoms with van der Waals surface area (Å²) in [7, 11) is 7.10. The van der Waals surface area contributed by atoms with Crippen molar-refractivity contribution < 1.29 is 4.79 Å². The Labute approximate surface area is 84.5 Å². The summed E-state index contributed by atoms with van der Waals surface area (Å²) in [5, 5.41) is 3.59. The average molecular weight is 189 g/mol. The Balaban J connectivity index is 2.78. The number of hydrazine groups is 1. The number of carbonyl (C=O) groups is 1. The molecule has 14 heavy (non-hydrogen) atoms. The fourth-order valence-electron chi connectivity index (χ4n) is 0.965. The van der Waals surface area contributed by atoms with Gasteiger partial charge in [0.15, 0.2) is 0 Å². The van der Waals surface area contributed by atoms with E-state index in [2.05, 4.69) is 5.32 Å². The number of nitrogens with one attached hydrogen (secondary N) is 1. The van der Waals surface area contributed by atoms with Crippen LogP contribution in [0.15, 0.2) is 18.2 Å². The Morgan fingerprint density at radius 2 is 2.21 bits per heavy atom. The largest absolute Gasteiger partial charge is 0.335 e. The van der Waals surface area contributed by atoms with Crippen molar-refractivity contribution in [2.45, 2.75) is 6.92 Å². The van der Waals surface area contributed by atoms with Crippen molar-refractivity contribution in [1.29, 1.82) is 0 Å². The average Bonchev–Trinajstić information content (AvgIpc) is 2.11. The first kappa shape index (κ1) is 10.6. The van der Waals surface area contributed by atoms with Gasteiger partial charge in [0.2, 0.25) is 0 Å². The Bertz CT molecular complexity index is 352. The number of aryl methyl sites for hydroxylation is 1. The van der Waals surface area contributed by atoms with Crippen LogP contribution in [0.2, 0.25) is 0 Å². The summed E-state index contributed by atoms with van der Waals surface area (Å²) < 4.78 is 0. The molecule has 2 amide bonds. The number of urea groups is 1. The third-order valence-corrected chi connectivity index (χ3v) is 1.84. The molecule has 1 aromatic carbocycles. The molecule has 0 aliphatic heterocycles. The van der Waals surface area contributed by atoms with Gasteiger partial charge in [-0.05, 0) is 19.1 Å². The number of nitrogens with two attached hydrogens (primary N) is 1. The van der Waals surface area contributed by atoms with Crippen LogP contribution in [-0.2, 0) is 0 Å². The maximum Gasteiger partial charge on any atom is 0.335 e. The first-order valence-corrected chi connectivity index (χ1v) is 4.16. The van der Waals surface area contributed by atoms with E-state index in [1.807, 2.05) is 6.92 Å². The smallest absolute Gasteiger partial charge is 0.307 e. The molecule has 0 heterocycles. The van der Waals surface area contributed by atoms with Gasteiger partial charge in [0.05, 0.1) is 0 Å². The van der Waals surface area contributed by atoms with Gasteiger partial charge in [0.25, 0.3) is 0 Å². The van der Waals surface area contributed by atoms with Gasteiger partial charge in [-0.25, -0.2) is 10.6 Å². The number of hydrogen-bond donors (Lipinski definition) is 2. The zero-order valence-corrected chi connectivity index (χ0v) is 8.24. The number of anilines is 1. The number of hydrogen-bond acceptors (Lipinski definition) is 2. The van der Waals surface area contributed by atoms with E-state index in [4.69, 9.17) is 13.7 Å². The van der Waals surface area contributed by atoms with Gasteiger partial charge in [-0.3, -0.25) is 5.01 Å². The lowest BCUT2D eigenvalue weighted by Gasteiger charge is -2.12. The minimum atomic E-state index is -0.367. The lowest BCUT2D eigenvalue weighted by atomic mass is 9.91. The van der Waals surface area contributed by atoms with Crippen molar-refractivity contribution in [2.24, 2.45) is 5.84 Å². The summed E-state index contributed by atoms with van der Waals surface area (Å²) in [4.78, 5) is 11.2. The quantitative estimate of drug-likeness (QED) is 0.285. The molecule has 72 valence electrons. The predicted octanol–water partition coefficient (Wildman–Crippen LogP) is 0.126. The predicted molar refractivity (Wildman–Crippen MR) is 57.5 cm³/mol. The van der Waals surface area contributed by atoms with Crippen molar-refractivity contribution >= 4 is 25.0 Å². The van der Waals surface area contributed by atoms with E-state index in [1.165, 1.54) is 7.05 Å². The van der Waals surface area contributed by atoms with Crippen LogP contribution >= 0.6 is 0 Å². The fraction of sp³-hybridized carbons (Fsp3) is 0.222. The van der Waals surface area contributed by atoms with Gasteiger partial charge >= 0.3 is 6.03 Å². The highest BCUT2D eigenvalue weighted by Gasteiger charge is 2.04. The summed E-state index contributed by atoms with van der Waals surface area (Å²) >= 11 is 0. The zero-order valence-electron chi connectivity index (χ0n) is 8.24. The fourth-order valence-corrected chi connectivity index (χ4v) is 0.965. The number of nitrogens with zero attached hydrogens (tertiary/aromatic N) is 1. The van der Waals surface area contributed by atoms with E-state index >= 15 is 0 Å². The third kappa shape index (κ3) is 2.50. The summed E-state index contributed by atoms with van der Waals surface area (Å²) in [5.41, 5.74) is 2.30. The van der Waals surface area contributed by atoms with E-state index in [-0.39, 0.29) is 6.03 Å². The Morgan fingerprint density at radius 3 is 2.71 bits per heavy atom. The molecule has 0 aliphatic carbocycles. The van der Waals surface area contributed by atoms with Crippen molar-refractivity contribution in [3.63, 3.8) is 0 Å². The van der Waals surface area contributed by atoms with Crippen molar-refractivity contribution in [3.05, 3.63) is 23.8 Å². The monoisotopic (exact) mass is 189 g/mol. The highest BCUT2D eigenvalue weighted by atomic mass is 16.2. The van der Waals surface area contributed by atoms with Gasteiger partial charge in [-0.15, -0.1) is 0 Å². The number of benzene rings is 1. The summed E-state index contributed by atoms with van der Waals surface area (Å²) in [6.07, 6.45) is 0.